The monoisotopic (exact) mass is 286 g/mol. The van der Waals surface area contributed by atoms with E-state index < -0.39 is 0 Å². The lowest BCUT2D eigenvalue weighted by Gasteiger charge is -2.33. The Balaban J connectivity index is 1.36. The van der Waals surface area contributed by atoms with Crippen LogP contribution in [0.3, 0.4) is 0 Å². The molecular weight excluding hydrogens is 260 g/mol. The van der Waals surface area contributed by atoms with Gasteiger partial charge in [0, 0.05) is 31.9 Å². The Hall–Kier alpha value is -1.06. The summed E-state index contributed by atoms with van der Waals surface area (Å²) in [6, 6.07) is 6.76. The number of fused-ring (bicyclic) bond motifs is 1. The van der Waals surface area contributed by atoms with Gasteiger partial charge in [-0.2, -0.15) is 0 Å². The molecule has 2 aliphatic heterocycles. The van der Waals surface area contributed by atoms with Crippen LogP contribution in [0.2, 0.25) is 0 Å². The van der Waals surface area contributed by atoms with Crippen molar-refractivity contribution in [1.82, 2.24) is 4.90 Å². The fraction of sp³-hybridized carbons (Fsp3) is 0.667. The molecule has 3 aliphatic rings. The number of hydrogen-bond donors (Lipinski definition) is 1. The third-order valence-corrected chi connectivity index (χ3v) is 5.05. The summed E-state index contributed by atoms with van der Waals surface area (Å²) < 4.78 is 6.11. The van der Waals surface area contributed by atoms with Gasteiger partial charge in [0.2, 0.25) is 0 Å². The van der Waals surface area contributed by atoms with E-state index in [-0.39, 0.29) is 0 Å². The number of para-hydroxylation sites is 1. The first kappa shape index (κ1) is 13.6. The standard InChI is InChI=1S/C18H26N2O/c1-3-15-8-9-19-18(15)16(4-1)11-20-10-2-5-17(12-20)21-13-14-6-7-14/h1,3-4,14,17,19H,2,5-13H2. The molecule has 4 rings (SSSR count). The molecule has 1 aliphatic carbocycles. The fourth-order valence-electron chi connectivity index (χ4n) is 3.63. The number of nitrogens with one attached hydrogen (secondary N) is 1. The molecule has 3 nitrogen and oxygen atoms in total. The number of anilines is 1. The Morgan fingerprint density at radius 1 is 1.24 bits per heavy atom. The Bertz CT molecular complexity index is 498. The van der Waals surface area contributed by atoms with Crippen molar-refractivity contribution in [2.24, 2.45) is 5.92 Å². The Morgan fingerprint density at radius 2 is 2.19 bits per heavy atom. The second kappa shape index (κ2) is 5.98. The average molecular weight is 286 g/mol. The van der Waals surface area contributed by atoms with Crippen LogP contribution in [-0.4, -0.2) is 37.2 Å². The number of rotatable bonds is 5. The number of ether oxygens (including phenoxy) is 1. The molecule has 114 valence electrons. The van der Waals surface area contributed by atoms with Crippen molar-refractivity contribution in [3.63, 3.8) is 0 Å². The molecule has 0 bridgehead atoms. The normalized spacial score (nSPS) is 25.6. The van der Waals surface area contributed by atoms with Gasteiger partial charge in [0.05, 0.1) is 6.10 Å². The highest BCUT2D eigenvalue weighted by Crippen LogP contribution is 2.31. The molecule has 0 spiro atoms. The molecule has 1 aromatic carbocycles. The van der Waals surface area contributed by atoms with Crippen LogP contribution in [-0.2, 0) is 17.7 Å². The molecule has 21 heavy (non-hydrogen) atoms. The van der Waals surface area contributed by atoms with E-state index >= 15 is 0 Å². The van der Waals surface area contributed by atoms with Crippen molar-refractivity contribution < 1.29 is 4.74 Å². The summed E-state index contributed by atoms with van der Waals surface area (Å²) in [7, 11) is 0. The molecule has 1 saturated carbocycles. The molecule has 1 unspecified atom stereocenters. The predicted octanol–water partition coefficient (Wildman–Crippen LogP) is 3.05. The van der Waals surface area contributed by atoms with Crippen molar-refractivity contribution in [3.8, 4) is 0 Å². The number of nitrogens with zero attached hydrogens (tertiary/aromatic N) is 1. The van der Waals surface area contributed by atoms with Crippen LogP contribution in [0.15, 0.2) is 18.2 Å². The first-order chi connectivity index (χ1) is 10.4. The van der Waals surface area contributed by atoms with Crippen molar-refractivity contribution in [2.45, 2.75) is 44.8 Å². The van der Waals surface area contributed by atoms with Crippen LogP contribution in [0.25, 0.3) is 0 Å². The zero-order valence-electron chi connectivity index (χ0n) is 12.8. The number of hydrogen-bond acceptors (Lipinski definition) is 3. The van der Waals surface area contributed by atoms with E-state index in [0.717, 1.165) is 32.2 Å². The maximum absolute atomic E-state index is 6.11. The maximum atomic E-state index is 6.11. The lowest BCUT2D eigenvalue weighted by molar-refractivity contribution is -0.00719. The Kier molecular flexibility index (Phi) is 3.87. The van der Waals surface area contributed by atoms with E-state index in [9.17, 15) is 0 Å². The lowest BCUT2D eigenvalue weighted by atomic mass is 10.0. The molecule has 2 fully saturated rings. The summed E-state index contributed by atoms with van der Waals surface area (Å²) >= 11 is 0. The quantitative estimate of drug-likeness (QED) is 0.900. The van der Waals surface area contributed by atoms with Gasteiger partial charge >= 0.3 is 0 Å². The van der Waals surface area contributed by atoms with E-state index in [1.165, 1.54) is 55.5 Å². The summed E-state index contributed by atoms with van der Waals surface area (Å²) in [5.74, 6) is 0.877. The fourth-order valence-corrected chi connectivity index (χ4v) is 3.63. The average Bonchev–Trinajstić information content (AvgIpc) is 3.21. The summed E-state index contributed by atoms with van der Waals surface area (Å²) in [4.78, 5) is 2.58. The largest absolute Gasteiger partial charge is 0.384 e. The third-order valence-electron chi connectivity index (χ3n) is 5.05. The molecule has 0 amide bonds. The first-order valence-corrected chi connectivity index (χ1v) is 8.57. The van der Waals surface area contributed by atoms with Crippen LogP contribution in [0.1, 0.15) is 36.8 Å². The lowest BCUT2D eigenvalue weighted by Crippen LogP contribution is -2.39. The van der Waals surface area contributed by atoms with E-state index in [0.29, 0.717) is 6.10 Å². The van der Waals surface area contributed by atoms with Crippen molar-refractivity contribution >= 4 is 5.69 Å². The van der Waals surface area contributed by atoms with E-state index in [2.05, 4.69) is 28.4 Å². The molecule has 0 aromatic heterocycles. The highest BCUT2D eigenvalue weighted by molar-refractivity contribution is 5.61. The van der Waals surface area contributed by atoms with E-state index in [1.54, 1.807) is 0 Å². The maximum Gasteiger partial charge on any atom is 0.0702 e. The van der Waals surface area contributed by atoms with Gasteiger partial charge in [-0.25, -0.2) is 0 Å². The van der Waals surface area contributed by atoms with Gasteiger partial charge in [0.1, 0.15) is 0 Å². The number of benzene rings is 1. The summed E-state index contributed by atoms with van der Waals surface area (Å²) in [6.07, 6.45) is 6.93. The molecule has 1 saturated heterocycles. The molecule has 1 N–H and O–H groups in total. The van der Waals surface area contributed by atoms with Gasteiger partial charge in [-0.15, -0.1) is 0 Å². The third kappa shape index (κ3) is 3.24. The van der Waals surface area contributed by atoms with Crippen LogP contribution in [0, 0.1) is 5.92 Å². The van der Waals surface area contributed by atoms with Gasteiger partial charge in [0.25, 0.3) is 0 Å². The Morgan fingerprint density at radius 3 is 3.10 bits per heavy atom. The summed E-state index contributed by atoms with van der Waals surface area (Å²) in [6.45, 7) is 5.49. The summed E-state index contributed by atoms with van der Waals surface area (Å²) in [5, 5.41) is 3.56. The minimum atomic E-state index is 0.462. The van der Waals surface area contributed by atoms with Gasteiger partial charge in [0.15, 0.2) is 0 Å². The molecule has 3 heteroatoms. The predicted molar refractivity (Wildman–Crippen MR) is 85.6 cm³/mol. The SMILES string of the molecule is c1cc2c(c(CN3CCCC(OCC4CC4)C3)c1)NCC2. The van der Waals surface area contributed by atoms with E-state index in [1.807, 2.05) is 0 Å². The van der Waals surface area contributed by atoms with Gasteiger partial charge in [-0.3, -0.25) is 4.90 Å². The minimum absolute atomic E-state index is 0.462. The smallest absolute Gasteiger partial charge is 0.0702 e. The molecule has 2 heterocycles. The Labute approximate surface area is 127 Å². The topological polar surface area (TPSA) is 24.5 Å². The van der Waals surface area contributed by atoms with Crippen molar-refractivity contribution in [2.75, 3.05) is 31.6 Å². The van der Waals surface area contributed by atoms with Crippen LogP contribution in [0.4, 0.5) is 5.69 Å². The highest BCUT2D eigenvalue weighted by atomic mass is 16.5. The van der Waals surface area contributed by atoms with Crippen LogP contribution < -0.4 is 5.32 Å². The van der Waals surface area contributed by atoms with Gasteiger partial charge in [-0.05, 0) is 55.7 Å². The first-order valence-electron chi connectivity index (χ1n) is 8.57. The van der Waals surface area contributed by atoms with Gasteiger partial charge < -0.3 is 10.1 Å². The zero-order chi connectivity index (χ0) is 14.1. The number of likely N-dealkylation sites (tertiary alicyclic amines) is 1. The molecular formula is C18H26N2O. The minimum Gasteiger partial charge on any atom is -0.384 e. The molecule has 1 atom stereocenters. The number of piperidine rings is 1. The zero-order valence-corrected chi connectivity index (χ0v) is 12.8. The molecule has 1 aromatic rings. The van der Waals surface area contributed by atoms with Crippen LogP contribution >= 0.6 is 0 Å². The highest BCUT2D eigenvalue weighted by Gasteiger charge is 2.26. The molecule has 0 radical (unpaired) electrons. The van der Waals surface area contributed by atoms with Crippen molar-refractivity contribution in [1.29, 1.82) is 0 Å². The van der Waals surface area contributed by atoms with Gasteiger partial charge in [-0.1, -0.05) is 18.2 Å². The summed E-state index contributed by atoms with van der Waals surface area (Å²) in [5.41, 5.74) is 4.36. The van der Waals surface area contributed by atoms with Crippen LogP contribution in [0.5, 0.6) is 0 Å². The van der Waals surface area contributed by atoms with Crippen molar-refractivity contribution in [3.05, 3.63) is 29.3 Å². The second-order valence-corrected chi connectivity index (χ2v) is 6.90. The second-order valence-electron chi connectivity index (χ2n) is 6.90. The van der Waals surface area contributed by atoms with E-state index in [4.69, 9.17) is 4.74 Å².